The zero-order chi connectivity index (χ0) is 28.6. The summed E-state index contributed by atoms with van der Waals surface area (Å²) in [6.07, 6.45) is -17.0. The maximum atomic E-state index is 13.4. The number of amides is 1. The van der Waals surface area contributed by atoms with Gasteiger partial charge in [0.2, 0.25) is 0 Å². The number of nitrogens with one attached hydrogen (secondary N) is 1. The highest BCUT2D eigenvalue weighted by Gasteiger charge is 2.43. The Bertz CT molecular complexity index is 1130. The average Bonchev–Trinajstić information content (AvgIpc) is 3.09. The third-order valence-corrected chi connectivity index (χ3v) is 6.38. The molecule has 0 radical (unpaired) electrons. The van der Waals surface area contributed by atoms with Gasteiger partial charge in [0.15, 0.2) is 0 Å². The van der Waals surface area contributed by atoms with E-state index in [0.29, 0.717) is 30.7 Å². The first kappa shape index (κ1) is 29.6. The SMILES string of the molecule is CCNC(CC)c1ccc(C(F)(F)F)cc1CN1C(=O)O[C@H](c2cc(C(F)(F)F)cc(C(F)(F)F)c2)[C@@H]1C. The summed E-state index contributed by atoms with van der Waals surface area (Å²) < 4.78 is 125. The molecule has 1 N–H and O–H groups in total. The van der Waals surface area contributed by atoms with Crippen LogP contribution in [0.3, 0.4) is 0 Å². The molecule has 0 bridgehead atoms. The van der Waals surface area contributed by atoms with Gasteiger partial charge in [-0.25, -0.2) is 4.79 Å². The molecule has 1 aliphatic rings. The molecule has 0 saturated carbocycles. The minimum absolute atomic E-state index is 0.0385. The summed E-state index contributed by atoms with van der Waals surface area (Å²) in [6, 6.07) is 2.55. The van der Waals surface area contributed by atoms with Crippen molar-refractivity contribution >= 4 is 6.09 Å². The van der Waals surface area contributed by atoms with E-state index in [1.807, 2.05) is 6.92 Å². The van der Waals surface area contributed by atoms with Crippen LogP contribution in [0.2, 0.25) is 0 Å². The second-order valence-electron chi connectivity index (χ2n) is 8.94. The predicted octanol–water partition coefficient (Wildman–Crippen LogP) is 7.89. The molecule has 0 aromatic heterocycles. The second-order valence-corrected chi connectivity index (χ2v) is 8.94. The summed E-state index contributed by atoms with van der Waals surface area (Å²) in [6.45, 7) is 5.06. The van der Waals surface area contributed by atoms with E-state index in [2.05, 4.69) is 5.32 Å². The van der Waals surface area contributed by atoms with Gasteiger partial charge in [-0.3, -0.25) is 4.90 Å². The van der Waals surface area contributed by atoms with Gasteiger partial charge in [0.25, 0.3) is 0 Å². The van der Waals surface area contributed by atoms with Crippen LogP contribution in [0.15, 0.2) is 36.4 Å². The van der Waals surface area contributed by atoms with Crippen molar-refractivity contribution in [2.24, 2.45) is 0 Å². The summed E-state index contributed by atoms with van der Waals surface area (Å²) in [7, 11) is 0. The maximum absolute atomic E-state index is 13.4. The fraction of sp³-hybridized carbons (Fsp3) is 0.480. The summed E-state index contributed by atoms with van der Waals surface area (Å²) in [5.41, 5.74) is -4.03. The number of nitrogens with zero attached hydrogens (tertiary/aromatic N) is 1. The summed E-state index contributed by atoms with van der Waals surface area (Å²) in [4.78, 5) is 13.7. The number of ether oxygens (including phenoxy) is 1. The van der Waals surface area contributed by atoms with Crippen molar-refractivity contribution in [2.75, 3.05) is 6.54 Å². The molecule has 210 valence electrons. The molecular weight excluding hydrogens is 531 g/mol. The molecule has 1 amide bonds. The number of carbonyl (C=O) groups excluding carboxylic acids is 1. The number of benzene rings is 2. The molecule has 0 aliphatic carbocycles. The number of halogens is 9. The molecule has 13 heteroatoms. The first-order valence-corrected chi connectivity index (χ1v) is 11.7. The first-order valence-electron chi connectivity index (χ1n) is 11.7. The van der Waals surface area contributed by atoms with Crippen LogP contribution in [0.1, 0.15) is 72.7 Å². The van der Waals surface area contributed by atoms with Crippen LogP contribution >= 0.6 is 0 Å². The quantitative estimate of drug-likeness (QED) is 0.353. The minimum Gasteiger partial charge on any atom is -0.439 e. The molecule has 1 heterocycles. The Kier molecular flexibility index (Phi) is 8.30. The van der Waals surface area contributed by atoms with Crippen molar-refractivity contribution in [3.63, 3.8) is 0 Å². The topological polar surface area (TPSA) is 41.6 Å². The number of alkyl halides is 9. The number of hydrogen-bond acceptors (Lipinski definition) is 3. The van der Waals surface area contributed by atoms with Crippen molar-refractivity contribution in [1.29, 1.82) is 0 Å². The lowest BCUT2D eigenvalue weighted by Crippen LogP contribution is -2.33. The molecule has 3 atom stereocenters. The lowest BCUT2D eigenvalue weighted by molar-refractivity contribution is -0.143. The third kappa shape index (κ3) is 6.36. The van der Waals surface area contributed by atoms with Crippen LogP contribution in [-0.2, 0) is 29.8 Å². The van der Waals surface area contributed by atoms with Gasteiger partial charge >= 0.3 is 24.6 Å². The van der Waals surface area contributed by atoms with Gasteiger partial charge in [-0.1, -0.05) is 19.9 Å². The molecule has 1 aliphatic heterocycles. The lowest BCUT2D eigenvalue weighted by Gasteiger charge is -2.26. The smallest absolute Gasteiger partial charge is 0.416 e. The highest BCUT2D eigenvalue weighted by Crippen LogP contribution is 2.41. The molecular formula is C25H25F9N2O2. The molecule has 4 nitrogen and oxygen atoms in total. The van der Waals surface area contributed by atoms with E-state index >= 15 is 0 Å². The molecule has 38 heavy (non-hydrogen) atoms. The lowest BCUT2D eigenvalue weighted by atomic mass is 9.94. The maximum Gasteiger partial charge on any atom is 0.416 e. The van der Waals surface area contributed by atoms with E-state index in [4.69, 9.17) is 4.74 Å². The Morgan fingerprint density at radius 3 is 1.89 bits per heavy atom. The van der Waals surface area contributed by atoms with Gasteiger partial charge in [-0.15, -0.1) is 0 Å². The van der Waals surface area contributed by atoms with Gasteiger partial charge in [0.05, 0.1) is 22.7 Å². The first-order chi connectivity index (χ1) is 17.5. The number of hydrogen-bond donors (Lipinski definition) is 1. The molecule has 1 fully saturated rings. The van der Waals surface area contributed by atoms with Crippen LogP contribution in [0, 0.1) is 0 Å². The Morgan fingerprint density at radius 2 is 1.42 bits per heavy atom. The van der Waals surface area contributed by atoms with E-state index in [9.17, 15) is 44.3 Å². The van der Waals surface area contributed by atoms with Gasteiger partial charge in [0.1, 0.15) is 6.10 Å². The van der Waals surface area contributed by atoms with E-state index < -0.39 is 65.6 Å². The summed E-state index contributed by atoms with van der Waals surface area (Å²) in [5, 5.41) is 3.14. The van der Waals surface area contributed by atoms with E-state index in [1.165, 1.54) is 13.0 Å². The normalized spacial score (nSPS) is 19.6. The standard InChI is InChI=1S/C25H25F9N2O2/c1-4-20(35-5-2)19-7-6-16(23(26,27)28)10-15(19)12-36-13(3)21(38-22(36)37)14-8-17(24(29,30)31)11-18(9-14)25(32,33)34/h6-11,13,20-21,35H,4-5,12H2,1-3H3/t13-,20?,21-/m0/s1. The number of rotatable bonds is 7. The summed E-state index contributed by atoms with van der Waals surface area (Å²) in [5.74, 6) is 0. The van der Waals surface area contributed by atoms with Crippen molar-refractivity contribution in [2.45, 2.75) is 70.5 Å². The molecule has 1 saturated heterocycles. The highest BCUT2D eigenvalue weighted by atomic mass is 19.4. The molecule has 3 rings (SSSR count). The summed E-state index contributed by atoms with van der Waals surface area (Å²) >= 11 is 0. The predicted molar refractivity (Wildman–Crippen MR) is 119 cm³/mol. The minimum atomic E-state index is -5.10. The van der Waals surface area contributed by atoms with Gasteiger partial charge in [-0.2, -0.15) is 39.5 Å². The number of carbonyl (C=O) groups is 1. The van der Waals surface area contributed by atoms with Crippen molar-refractivity contribution in [1.82, 2.24) is 10.2 Å². The number of cyclic esters (lactones) is 1. The van der Waals surface area contributed by atoms with Crippen LogP contribution < -0.4 is 5.32 Å². The van der Waals surface area contributed by atoms with Gasteiger partial charge in [0, 0.05) is 12.6 Å². The van der Waals surface area contributed by atoms with Crippen LogP contribution in [0.25, 0.3) is 0 Å². The molecule has 0 spiro atoms. The third-order valence-electron chi connectivity index (χ3n) is 6.38. The monoisotopic (exact) mass is 556 g/mol. The highest BCUT2D eigenvalue weighted by molar-refractivity contribution is 5.71. The Morgan fingerprint density at radius 1 is 0.868 bits per heavy atom. The van der Waals surface area contributed by atoms with Gasteiger partial charge < -0.3 is 10.1 Å². The molecule has 2 aromatic rings. The fourth-order valence-corrected chi connectivity index (χ4v) is 4.47. The molecule has 1 unspecified atom stereocenters. The van der Waals surface area contributed by atoms with Crippen molar-refractivity contribution in [3.05, 3.63) is 69.8 Å². The van der Waals surface area contributed by atoms with E-state index in [0.717, 1.165) is 17.0 Å². The Hall–Kier alpha value is -2.96. The van der Waals surface area contributed by atoms with Crippen LogP contribution in [0.4, 0.5) is 44.3 Å². The Labute approximate surface area is 212 Å². The second kappa shape index (κ2) is 10.7. The van der Waals surface area contributed by atoms with Crippen molar-refractivity contribution < 1.29 is 49.0 Å². The zero-order valence-corrected chi connectivity index (χ0v) is 20.5. The Balaban J connectivity index is 2.03. The van der Waals surface area contributed by atoms with Crippen LogP contribution in [-0.4, -0.2) is 23.6 Å². The van der Waals surface area contributed by atoms with E-state index in [-0.39, 0.29) is 17.7 Å². The largest absolute Gasteiger partial charge is 0.439 e. The fourth-order valence-electron chi connectivity index (χ4n) is 4.47. The van der Waals surface area contributed by atoms with Gasteiger partial charge in [-0.05, 0) is 66.9 Å². The van der Waals surface area contributed by atoms with Crippen molar-refractivity contribution in [3.8, 4) is 0 Å². The molecule has 2 aromatic carbocycles. The van der Waals surface area contributed by atoms with Crippen LogP contribution in [0.5, 0.6) is 0 Å². The zero-order valence-electron chi connectivity index (χ0n) is 20.5. The van der Waals surface area contributed by atoms with E-state index in [1.54, 1.807) is 6.92 Å². The average molecular weight is 556 g/mol.